The predicted octanol–water partition coefficient (Wildman–Crippen LogP) is 4.42. The lowest BCUT2D eigenvalue weighted by molar-refractivity contribution is 0.324. The first-order valence-electron chi connectivity index (χ1n) is 10.9. The summed E-state index contributed by atoms with van der Waals surface area (Å²) in [7, 11) is 4.60. The number of sulfonamides is 1. The molecular weight excluding hydrogens is 502 g/mol. The van der Waals surface area contributed by atoms with Crippen LogP contribution in [0.2, 0.25) is 0 Å². The largest absolute Gasteiger partial charge is 0.503 e. The second-order valence-corrected chi connectivity index (χ2v) is 9.18. The van der Waals surface area contributed by atoms with E-state index in [2.05, 4.69) is 4.72 Å². The van der Waals surface area contributed by atoms with Gasteiger partial charge in [0.25, 0.3) is 10.0 Å². The van der Waals surface area contributed by atoms with Crippen LogP contribution in [-0.2, 0) is 10.0 Å². The molecule has 0 radical (unpaired) electrons. The molecule has 0 amide bonds. The minimum Gasteiger partial charge on any atom is -0.503 e. The van der Waals surface area contributed by atoms with Gasteiger partial charge in [-0.15, -0.1) is 0 Å². The lowest BCUT2D eigenvalue weighted by Gasteiger charge is -2.16. The summed E-state index contributed by atoms with van der Waals surface area (Å²) in [4.78, 5) is -0.0908. The molecule has 3 aromatic rings. The topological polar surface area (TPSA) is 122 Å². The van der Waals surface area contributed by atoms with Crippen molar-refractivity contribution in [3.8, 4) is 40.2 Å². The van der Waals surface area contributed by atoms with Crippen molar-refractivity contribution in [1.82, 2.24) is 0 Å². The summed E-state index contributed by atoms with van der Waals surface area (Å²) in [6, 6.07) is 10.8. The molecule has 0 aliphatic carbocycles. The normalized spacial score (nSPS) is 11.2. The monoisotopic (exact) mass is 531 g/mol. The minimum absolute atomic E-state index is 0.0715. The Kier molecular flexibility index (Phi) is 8.61. The Morgan fingerprint density at radius 3 is 1.78 bits per heavy atom. The van der Waals surface area contributed by atoms with Crippen LogP contribution < -0.4 is 33.1 Å². The van der Waals surface area contributed by atoms with E-state index in [1.54, 1.807) is 30.4 Å². The van der Waals surface area contributed by atoms with Crippen LogP contribution in [0.15, 0.2) is 47.4 Å². The van der Waals surface area contributed by atoms with Crippen molar-refractivity contribution >= 4 is 27.9 Å². The average molecular weight is 532 g/mol. The molecular formula is C26H29NO9S. The molecule has 198 valence electrons. The Morgan fingerprint density at radius 2 is 1.24 bits per heavy atom. The van der Waals surface area contributed by atoms with Crippen LogP contribution in [0.1, 0.15) is 11.1 Å². The van der Waals surface area contributed by atoms with Crippen molar-refractivity contribution in [3.63, 3.8) is 0 Å². The lowest BCUT2D eigenvalue weighted by Crippen LogP contribution is -2.14. The Hall–Kier alpha value is -4.25. The lowest BCUT2D eigenvalue weighted by atomic mass is 10.1. The van der Waals surface area contributed by atoms with Gasteiger partial charge in [-0.3, -0.25) is 4.72 Å². The summed E-state index contributed by atoms with van der Waals surface area (Å²) in [5.74, 6) is 1.67. The van der Waals surface area contributed by atoms with Crippen molar-refractivity contribution < 1.29 is 41.9 Å². The molecule has 0 atom stereocenters. The van der Waals surface area contributed by atoms with E-state index in [0.717, 1.165) is 0 Å². The summed E-state index contributed by atoms with van der Waals surface area (Å²) in [5.41, 5.74) is 0.979. The maximum absolute atomic E-state index is 13.3. The van der Waals surface area contributed by atoms with Gasteiger partial charge in [-0.05, 0) is 42.0 Å². The SMILES string of the molecule is COc1ccc(S(=O)(=O)Nc2c(/C=C\c3cc(OC)c(OC)c(OC)c3)ccc(OC)c2O)cc1OC. The van der Waals surface area contributed by atoms with Crippen molar-refractivity contribution in [3.05, 3.63) is 53.6 Å². The third kappa shape index (κ3) is 5.78. The van der Waals surface area contributed by atoms with Crippen LogP contribution in [0, 0.1) is 0 Å². The van der Waals surface area contributed by atoms with E-state index in [1.165, 1.54) is 66.9 Å². The summed E-state index contributed by atoms with van der Waals surface area (Å²) in [6.45, 7) is 0. The van der Waals surface area contributed by atoms with Gasteiger partial charge < -0.3 is 33.5 Å². The summed E-state index contributed by atoms with van der Waals surface area (Å²) < 4.78 is 60.7. The third-order valence-corrected chi connectivity index (χ3v) is 6.78. The van der Waals surface area contributed by atoms with Gasteiger partial charge in [0.2, 0.25) is 5.75 Å². The molecule has 2 N–H and O–H groups in total. The van der Waals surface area contributed by atoms with Gasteiger partial charge >= 0.3 is 0 Å². The molecule has 0 saturated carbocycles. The fraction of sp³-hybridized carbons (Fsp3) is 0.231. The number of hydrogen-bond acceptors (Lipinski definition) is 9. The van der Waals surface area contributed by atoms with Crippen LogP contribution in [0.4, 0.5) is 5.69 Å². The molecule has 37 heavy (non-hydrogen) atoms. The summed E-state index contributed by atoms with van der Waals surface area (Å²) in [5, 5.41) is 10.8. The van der Waals surface area contributed by atoms with Gasteiger partial charge in [0.05, 0.1) is 47.6 Å². The van der Waals surface area contributed by atoms with E-state index < -0.39 is 10.0 Å². The van der Waals surface area contributed by atoms with Crippen molar-refractivity contribution in [2.24, 2.45) is 0 Å². The molecule has 0 fully saturated rings. The Morgan fingerprint density at radius 1 is 0.676 bits per heavy atom. The summed E-state index contributed by atoms with van der Waals surface area (Å²) >= 11 is 0. The molecule has 0 aliphatic rings. The van der Waals surface area contributed by atoms with E-state index >= 15 is 0 Å². The van der Waals surface area contributed by atoms with Crippen LogP contribution in [0.25, 0.3) is 12.2 Å². The van der Waals surface area contributed by atoms with Crippen LogP contribution >= 0.6 is 0 Å². The standard InChI is InChI=1S/C26H29NO9S/c1-31-19-12-10-18(15-21(19)33-3)37(29,30)27-24-17(9-11-20(32-2)25(24)28)8-7-16-13-22(34-4)26(36-6)23(14-16)35-5/h7-15,27-28H,1-6H3/b8-7-. The maximum atomic E-state index is 13.3. The second kappa shape index (κ2) is 11.7. The van der Waals surface area contributed by atoms with Crippen LogP contribution in [0.5, 0.6) is 40.2 Å². The second-order valence-electron chi connectivity index (χ2n) is 7.49. The maximum Gasteiger partial charge on any atom is 0.262 e. The first-order valence-corrected chi connectivity index (χ1v) is 12.3. The fourth-order valence-electron chi connectivity index (χ4n) is 3.56. The summed E-state index contributed by atoms with van der Waals surface area (Å²) in [6.07, 6.45) is 3.34. The zero-order chi connectivity index (χ0) is 27.2. The number of phenolic OH excluding ortho intramolecular Hbond substituents is 1. The van der Waals surface area contributed by atoms with Gasteiger partial charge in [0.15, 0.2) is 34.5 Å². The van der Waals surface area contributed by atoms with E-state index in [0.29, 0.717) is 34.1 Å². The number of nitrogens with one attached hydrogen (secondary N) is 1. The van der Waals surface area contributed by atoms with E-state index in [4.69, 9.17) is 28.4 Å². The molecule has 0 bridgehead atoms. The molecule has 3 aromatic carbocycles. The molecule has 0 aliphatic heterocycles. The number of benzene rings is 3. The number of aromatic hydroxyl groups is 1. The Bertz CT molecular complexity index is 1380. The number of anilines is 1. The molecule has 11 heteroatoms. The highest BCUT2D eigenvalue weighted by Crippen LogP contribution is 2.41. The van der Waals surface area contributed by atoms with Crippen molar-refractivity contribution in [2.75, 3.05) is 47.4 Å². The average Bonchev–Trinajstić information content (AvgIpc) is 2.92. The molecule has 3 rings (SSSR count). The van der Waals surface area contributed by atoms with E-state index in [-0.39, 0.29) is 27.8 Å². The molecule has 10 nitrogen and oxygen atoms in total. The first kappa shape index (κ1) is 27.3. The zero-order valence-corrected chi connectivity index (χ0v) is 22.1. The number of hydrogen-bond donors (Lipinski definition) is 2. The minimum atomic E-state index is -4.15. The van der Waals surface area contributed by atoms with Crippen molar-refractivity contribution in [1.29, 1.82) is 0 Å². The molecule has 0 unspecified atom stereocenters. The van der Waals surface area contributed by atoms with E-state index in [1.807, 2.05) is 0 Å². The van der Waals surface area contributed by atoms with Gasteiger partial charge in [0, 0.05) is 11.6 Å². The zero-order valence-electron chi connectivity index (χ0n) is 21.3. The molecule has 0 saturated heterocycles. The van der Waals surface area contributed by atoms with Gasteiger partial charge in [-0.25, -0.2) is 8.42 Å². The fourth-order valence-corrected chi connectivity index (χ4v) is 4.67. The van der Waals surface area contributed by atoms with Crippen LogP contribution in [-0.4, -0.2) is 56.2 Å². The quantitative estimate of drug-likeness (QED) is 0.274. The Labute approximate surface area is 216 Å². The smallest absolute Gasteiger partial charge is 0.262 e. The first-order chi connectivity index (χ1) is 17.7. The van der Waals surface area contributed by atoms with Crippen molar-refractivity contribution in [2.45, 2.75) is 4.90 Å². The number of rotatable bonds is 11. The highest BCUT2D eigenvalue weighted by molar-refractivity contribution is 7.92. The highest BCUT2D eigenvalue weighted by Gasteiger charge is 2.22. The predicted molar refractivity (Wildman–Crippen MR) is 140 cm³/mol. The van der Waals surface area contributed by atoms with Gasteiger partial charge in [-0.2, -0.15) is 0 Å². The van der Waals surface area contributed by atoms with Gasteiger partial charge in [0.1, 0.15) is 5.69 Å². The Balaban J connectivity index is 2.07. The molecule has 0 spiro atoms. The van der Waals surface area contributed by atoms with Crippen LogP contribution in [0.3, 0.4) is 0 Å². The third-order valence-electron chi connectivity index (χ3n) is 5.44. The van der Waals surface area contributed by atoms with E-state index in [9.17, 15) is 13.5 Å². The number of phenols is 1. The molecule has 0 heterocycles. The van der Waals surface area contributed by atoms with Gasteiger partial charge in [-0.1, -0.05) is 12.2 Å². The number of methoxy groups -OCH3 is 6. The molecule has 0 aromatic heterocycles. The number of ether oxygens (including phenoxy) is 6. The highest BCUT2D eigenvalue weighted by atomic mass is 32.2.